The third kappa shape index (κ3) is 9.40. The molecule has 1 aromatic rings. The smallest absolute Gasteiger partial charge is 0.405 e. The third-order valence-electron chi connectivity index (χ3n) is 4.59. The molecule has 2 rings (SSSR count). The van der Waals surface area contributed by atoms with Gasteiger partial charge in [0.05, 0.1) is 6.54 Å². The molecule has 1 amide bonds. The van der Waals surface area contributed by atoms with Crippen LogP contribution in [0, 0.1) is 5.92 Å². The molecule has 1 saturated heterocycles. The van der Waals surface area contributed by atoms with E-state index < -0.39 is 6.36 Å². The topological polar surface area (TPSA) is 66.0 Å². The van der Waals surface area contributed by atoms with Crippen molar-refractivity contribution in [3.05, 3.63) is 29.8 Å². The van der Waals surface area contributed by atoms with Gasteiger partial charge in [0.1, 0.15) is 5.75 Å². The van der Waals surface area contributed by atoms with E-state index >= 15 is 0 Å². The fourth-order valence-electron chi connectivity index (χ4n) is 3.23. The lowest BCUT2D eigenvalue weighted by atomic mass is 10.00. The highest BCUT2D eigenvalue weighted by Gasteiger charge is 2.31. The maximum atomic E-state index is 12.5. The first-order valence-corrected chi connectivity index (χ1v) is 9.92. The minimum Gasteiger partial charge on any atom is -0.405 e. The summed E-state index contributed by atoms with van der Waals surface area (Å²) in [6.45, 7) is 6.63. The van der Waals surface area contributed by atoms with Crippen molar-refractivity contribution in [2.45, 2.75) is 46.0 Å². The molecule has 0 spiro atoms. The van der Waals surface area contributed by atoms with Crippen molar-refractivity contribution in [3.8, 4) is 5.75 Å². The second kappa shape index (κ2) is 12.9. The second-order valence-electron chi connectivity index (χ2n) is 7.11. The van der Waals surface area contributed by atoms with E-state index in [9.17, 15) is 18.0 Å². The number of hydrogen-bond acceptors (Lipinski definition) is 3. The van der Waals surface area contributed by atoms with Gasteiger partial charge in [0.25, 0.3) is 0 Å². The quantitative estimate of drug-likeness (QED) is 0.312. The standard InChI is InChI=1S/C20H29F3N4O2.HI/c1-3-24-19(25-11-10-18(28)27-12-6-7-15(2)14-27)26-13-16-8-4-5-9-17(16)29-20(21,22)23;/h4-5,8-9,15H,3,6-7,10-14H2,1-2H3,(H2,24,25,26);1H. The van der Waals surface area contributed by atoms with Gasteiger partial charge in [-0.25, -0.2) is 4.99 Å². The van der Waals surface area contributed by atoms with Crippen LogP contribution in [0.2, 0.25) is 0 Å². The van der Waals surface area contributed by atoms with Crippen LogP contribution in [0.3, 0.4) is 0 Å². The zero-order valence-corrected chi connectivity index (χ0v) is 19.6. The van der Waals surface area contributed by atoms with Crippen LogP contribution < -0.4 is 15.4 Å². The number of likely N-dealkylation sites (tertiary alicyclic amines) is 1. The molecule has 1 unspecified atom stereocenters. The molecule has 170 valence electrons. The van der Waals surface area contributed by atoms with Crippen molar-refractivity contribution < 1.29 is 22.7 Å². The Morgan fingerprint density at radius 3 is 2.70 bits per heavy atom. The lowest BCUT2D eigenvalue weighted by Gasteiger charge is -2.31. The molecule has 0 aromatic heterocycles. The second-order valence-corrected chi connectivity index (χ2v) is 7.11. The number of para-hydroxylation sites is 1. The van der Waals surface area contributed by atoms with Crippen LogP contribution in [0.25, 0.3) is 0 Å². The largest absolute Gasteiger partial charge is 0.573 e. The average Bonchev–Trinajstić information content (AvgIpc) is 2.66. The summed E-state index contributed by atoms with van der Waals surface area (Å²) in [6, 6.07) is 5.91. The van der Waals surface area contributed by atoms with Gasteiger partial charge in [0.2, 0.25) is 5.91 Å². The molecule has 1 aliphatic heterocycles. The summed E-state index contributed by atoms with van der Waals surface area (Å²) in [4.78, 5) is 18.6. The number of ether oxygens (including phenoxy) is 1. The Labute approximate surface area is 192 Å². The highest BCUT2D eigenvalue weighted by molar-refractivity contribution is 14.0. The minimum atomic E-state index is -4.76. The van der Waals surface area contributed by atoms with Gasteiger partial charge in [-0.05, 0) is 31.7 Å². The molecule has 1 aromatic carbocycles. The van der Waals surface area contributed by atoms with Crippen LogP contribution in [0.15, 0.2) is 29.3 Å². The van der Waals surface area contributed by atoms with Crippen LogP contribution in [0.1, 0.15) is 38.7 Å². The summed E-state index contributed by atoms with van der Waals surface area (Å²) in [5, 5.41) is 6.10. The number of halogens is 4. The number of carbonyl (C=O) groups is 1. The summed E-state index contributed by atoms with van der Waals surface area (Å²) >= 11 is 0. The van der Waals surface area contributed by atoms with Gasteiger partial charge in [-0.1, -0.05) is 25.1 Å². The van der Waals surface area contributed by atoms with E-state index in [4.69, 9.17) is 0 Å². The zero-order chi connectivity index (χ0) is 21.3. The summed E-state index contributed by atoms with van der Waals surface area (Å²) in [7, 11) is 0. The monoisotopic (exact) mass is 542 g/mol. The maximum absolute atomic E-state index is 12.5. The Balaban J connectivity index is 0.00000450. The van der Waals surface area contributed by atoms with Crippen molar-refractivity contribution in [3.63, 3.8) is 0 Å². The normalized spacial score (nSPS) is 17.2. The molecular formula is C20H30F3IN4O2. The zero-order valence-electron chi connectivity index (χ0n) is 17.3. The van der Waals surface area contributed by atoms with Crippen LogP contribution in [0.4, 0.5) is 13.2 Å². The molecular weight excluding hydrogens is 512 g/mol. The predicted octanol–water partition coefficient (Wildman–Crippen LogP) is 3.91. The summed E-state index contributed by atoms with van der Waals surface area (Å²) in [6.07, 6.45) is -2.23. The molecule has 1 heterocycles. The molecule has 1 fully saturated rings. The summed E-state index contributed by atoms with van der Waals surface area (Å²) in [5.74, 6) is 0.797. The Kier molecular flexibility index (Phi) is 11.3. The van der Waals surface area contributed by atoms with Crippen molar-refractivity contribution >= 4 is 35.8 Å². The molecule has 10 heteroatoms. The van der Waals surface area contributed by atoms with E-state index in [1.54, 1.807) is 6.07 Å². The number of alkyl halides is 3. The van der Waals surface area contributed by atoms with E-state index in [0.29, 0.717) is 37.0 Å². The van der Waals surface area contributed by atoms with Gasteiger partial charge in [0.15, 0.2) is 5.96 Å². The number of nitrogens with one attached hydrogen (secondary N) is 2. The third-order valence-corrected chi connectivity index (χ3v) is 4.59. The summed E-state index contributed by atoms with van der Waals surface area (Å²) in [5.41, 5.74) is 0.320. The first-order valence-electron chi connectivity index (χ1n) is 9.92. The van der Waals surface area contributed by atoms with Gasteiger partial charge in [-0.15, -0.1) is 37.1 Å². The molecule has 0 saturated carbocycles. The number of piperidine rings is 1. The van der Waals surface area contributed by atoms with E-state index in [0.717, 1.165) is 25.9 Å². The molecule has 1 aliphatic rings. The van der Waals surface area contributed by atoms with Gasteiger partial charge < -0.3 is 20.3 Å². The Morgan fingerprint density at radius 2 is 2.03 bits per heavy atom. The fraction of sp³-hybridized carbons (Fsp3) is 0.600. The Morgan fingerprint density at radius 1 is 1.30 bits per heavy atom. The SMILES string of the molecule is CCNC(=NCc1ccccc1OC(F)(F)F)NCCC(=O)N1CCCC(C)C1.I. The van der Waals surface area contributed by atoms with E-state index in [2.05, 4.69) is 27.3 Å². The number of rotatable bonds is 7. The number of nitrogens with zero attached hydrogens (tertiary/aromatic N) is 2. The lowest BCUT2D eigenvalue weighted by molar-refractivity contribution is -0.274. The van der Waals surface area contributed by atoms with Crippen molar-refractivity contribution in [1.29, 1.82) is 0 Å². The van der Waals surface area contributed by atoms with E-state index in [1.807, 2.05) is 11.8 Å². The van der Waals surface area contributed by atoms with Crippen molar-refractivity contribution in [2.24, 2.45) is 10.9 Å². The number of hydrogen-bond donors (Lipinski definition) is 2. The average molecular weight is 542 g/mol. The molecule has 0 radical (unpaired) electrons. The van der Waals surface area contributed by atoms with Gasteiger partial charge in [-0.2, -0.15) is 0 Å². The van der Waals surface area contributed by atoms with Gasteiger partial charge in [-0.3, -0.25) is 4.79 Å². The number of aliphatic imine (C=N–C) groups is 1. The van der Waals surface area contributed by atoms with Gasteiger partial charge in [0, 0.05) is 38.2 Å². The molecule has 0 bridgehead atoms. The molecule has 0 aliphatic carbocycles. The Hall–Kier alpha value is -1.72. The van der Waals surface area contributed by atoms with Crippen LogP contribution in [0.5, 0.6) is 5.75 Å². The lowest BCUT2D eigenvalue weighted by Crippen LogP contribution is -2.42. The molecule has 6 nitrogen and oxygen atoms in total. The highest BCUT2D eigenvalue weighted by atomic mass is 127. The van der Waals surface area contributed by atoms with Crippen molar-refractivity contribution in [2.75, 3.05) is 26.2 Å². The summed E-state index contributed by atoms with van der Waals surface area (Å²) < 4.78 is 41.7. The van der Waals surface area contributed by atoms with Gasteiger partial charge >= 0.3 is 6.36 Å². The molecule has 30 heavy (non-hydrogen) atoms. The van der Waals surface area contributed by atoms with E-state index in [-0.39, 0.29) is 42.2 Å². The first-order chi connectivity index (χ1) is 13.8. The maximum Gasteiger partial charge on any atom is 0.573 e. The highest BCUT2D eigenvalue weighted by Crippen LogP contribution is 2.26. The fourth-order valence-corrected chi connectivity index (χ4v) is 3.23. The van der Waals surface area contributed by atoms with E-state index in [1.165, 1.54) is 18.2 Å². The number of amides is 1. The molecule has 2 N–H and O–H groups in total. The minimum absolute atomic E-state index is 0. The van der Waals surface area contributed by atoms with Crippen LogP contribution in [-0.2, 0) is 11.3 Å². The van der Waals surface area contributed by atoms with Crippen LogP contribution >= 0.6 is 24.0 Å². The molecule has 1 atom stereocenters. The predicted molar refractivity (Wildman–Crippen MR) is 121 cm³/mol. The van der Waals surface area contributed by atoms with Crippen LogP contribution in [-0.4, -0.2) is 49.3 Å². The number of guanidine groups is 1. The first kappa shape index (κ1) is 26.3. The Bertz CT molecular complexity index is 701. The number of carbonyl (C=O) groups excluding carboxylic acids is 1. The van der Waals surface area contributed by atoms with Crippen molar-refractivity contribution in [1.82, 2.24) is 15.5 Å². The number of benzene rings is 1.